The predicted molar refractivity (Wildman–Crippen MR) is 84.1 cm³/mol. The van der Waals surface area contributed by atoms with E-state index in [1.807, 2.05) is 25.1 Å². The van der Waals surface area contributed by atoms with Crippen molar-refractivity contribution in [2.75, 3.05) is 0 Å². The van der Waals surface area contributed by atoms with Crippen LogP contribution in [0.3, 0.4) is 0 Å². The van der Waals surface area contributed by atoms with Crippen molar-refractivity contribution in [2.45, 2.75) is 32.1 Å². The zero-order valence-electron chi connectivity index (χ0n) is 11.7. The second-order valence-electron chi connectivity index (χ2n) is 5.33. The first kappa shape index (κ1) is 14.2. The first-order valence-corrected chi connectivity index (χ1v) is 7.65. The summed E-state index contributed by atoms with van der Waals surface area (Å²) in [6, 6.07) is 5.74. The molecule has 0 saturated heterocycles. The Balaban J connectivity index is 1.87. The van der Waals surface area contributed by atoms with Gasteiger partial charge in [-0.3, -0.25) is 4.79 Å². The van der Waals surface area contributed by atoms with Crippen LogP contribution in [0.5, 0.6) is 0 Å². The fourth-order valence-corrected chi connectivity index (χ4v) is 3.12. The molecule has 1 fully saturated rings. The normalized spacial score (nSPS) is 21.0. The van der Waals surface area contributed by atoms with Gasteiger partial charge in [-0.2, -0.15) is 0 Å². The van der Waals surface area contributed by atoms with E-state index < -0.39 is 0 Å². The van der Waals surface area contributed by atoms with Crippen molar-refractivity contribution in [3.63, 3.8) is 0 Å². The van der Waals surface area contributed by atoms with Crippen molar-refractivity contribution < 1.29 is 9.21 Å². The molecule has 0 aliphatic heterocycles. The molecule has 108 valence electrons. The molecule has 1 atom stereocenters. The molecule has 0 bridgehead atoms. The Morgan fingerprint density at radius 1 is 1.43 bits per heavy atom. The summed E-state index contributed by atoms with van der Waals surface area (Å²) >= 11 is 3.47. The van der Waals surface area contributed by atoms with Crippen LogP contribution in [0.2, 0.25) is 0 Å². The van der Waals surface area contributed by atoms with Gasteiger partial charge in [0.15, 0.2) is 5.82 Å². The van der Waals surface area contributed by atoms with E-state index in [1.54, 1.807) is 12.5 Å². The number of furan rings is 1. The minimum atomic E-state index is 0.0872. The Bertz CT molecular complexity index is 692. The van der Waals surface area contributed by atoms with Gasteiger partial charge in [-0.1, -0.05) is 0 Å². The van der Waals surface area contributed by atoms with Gasteiger partial charge in [0.2, 0.25) is 0 Å². The molecule has 0 N–H and O–H groups in total. The van der Waals surface area contributed by atoms with Crippen LogP contribution in [0, 0.1) is 6.92 Å². The number of carbonyl (C=O) groups is 1. The third kappa shape index (κ3) is 3.29. The highest BCUT2D eigenvalue weighted by molar-refractivity contribution is 9.10. The van der Waals surface area contributed by atoms with E-state index in [-0.39, 0.29) is 11.7 Å². The fraction of sp³-hybridized carbons (Fsp3) is 0.312. The lowest BCUT2D eigenvalue weighted by Gasteiger charge is -2.20. The van der Waals surface area contributed by atoms with E-state index in [9.17, 15) is 4.79 Å². The molecular weight excluding hydrogens is 332 g/mol. The molecule has 5 heteroatoms. The number of rotatable bonds is 2. The molecule has 2 aromatic heterocycles. The Hall–Kier alpha value is -1.75. The number of ketones is 1. The number of Topliss-reactive ketones (excluding diaryl/α,β-unsaturated/α-hetero) is 1. The maximum atomic E-state index is 12.0. The second kappa shape index (κ2) is 5.93. The number of aryl methyl sites for hydroxylation is 1. The van der Waals surface area contributed by atoms with Gasteiger partial charge in [0, 0.05) is 30.7 Å². The molecule has 4 nitrogen and oxygen atoms in total. The minimum absolute atomic E-state index is 0.0872. The van der Waals surface area contributed by atoms with Gasteiger partial charge in [-0.05, 0) is 53.0 Å². The summed E-state index contributed by atoms with van der Waals surface area (Å²) in [7, 11) is 0. The highest BCUT2D eigenvalue weighted by Crippen LogP contribution is 2.32. The van der Waals surface area contributed by atoms with Crippen LogP contribution in [-0.2, 0) is 4.79 Å². The summed E-state index contributed by atoms with van der Waals surface area (Å²) in [5.41, 5.74) is 1.93. The summed E-state index contributed by atoms with van der Waals surface area (Å²) in [6.45, 7) is 1.98. The molecule has 1 saturated carbocycles. The first-order valence-electron chi connectivity index (χ1n) is 6.85. The van der Waals surface area contributed by atoms with Gasteiger partial charge in [0.25, 0.3) is 0 Å². The molecule has 21 heavy (non-hydrogen) atoms. The van der Waals surface area contributed by atoms with E-state index in [4.69, 9.17) is 4.42 Å². The van der Waals surface area contributed by atoms with Gasteiger partial charge in [0.1, 0.15) is 11.5 Å². The summed E-state index contributed by atoms with van der Waals surface area (Å²) in [5, 5.41) is 0. The molecule has 2 heterocycles. The third-order valence-electron chi connectivity index (χ3n) is 3.53. The number of hydrogen-bond donors (Lipinski definition) is 0. The predicted octanol–water partition coefficient (Wildman–Crippen LogP) is 4.35. The van der Waals surface area contributed by atoms with Crippen LogP contribution < -0.4 is 0 Å². The lowest BCUT2D eigenvalue weighted by Crippen LogP contribution is -2.21. The lowest BCUT2D eigenvalue weighted by atomic mass is 9.85. The van der Waals surface area contributed by atoms with Crippen molar-refractivity contribution in [3.05, 3.63) is 46.5 Å². The zero-order chi connectivity index (χ0) is 14.8. The Kier molecular flexibility index (Phi) is 4.01. The smallest absolute Gasteiger partial charge is 0.166 e. The van der Waals surface area contributed by atoms with E-state index >= 15 is 0 Å². The van der Waals surface area contributed by atoms with Crippen LogP contribution in [-0.4, -0.2) is 16.5 Å². The van der Waals surface area contributed by atoms with E-state index in [0.29, 0.717) is 18.7 Å². The van der Waals surface area contributed by atoms with Crippen LogP contribution in [0.15, 0.2) is 44.5 Å². The quantitative estimate of drug-likeness (QED) is 0.811. The SMILES string of the molecule is Cc1cnc(N=C2CC(=O)CC(c3ccco3)C2)c(Br)c1. The van der Waals surface area contributed by atoms with Gasteiger partial charge in [0.05, 0.1) is 10.7 Å². The number of hydrogen-bond acceptors (Lipinski definition) is 4. The van der Waals surface area contributed by atoms with Gasteiger partial charge in [-0.25, -0.2) is 9.98 Å². The van der Waals surface area contributed by atoms with Crippen LogP contribution in [0.4, 0.5) is 5.82 Å². The number of carbonyl (C=O) groups excluding carboxylic acids is 1. The van der Waals surface area contributed by atoms with E-state index in [0.717, 1.165) is 27.9 Å². The van der Waals surface area contributed by atoms with Gasteiger partial charge in [-0.15, -0.1) is 0 Å². The van der Waals surface area contributed by atoms with Crippen molar-refractivity contribution in [1.29, 1.82) is 0 Å². The van der Waals surface area contributed by atoms with Gasteiger partial charge < -0.3 is 4.42 Å². The Morgan fingerprint density at radius 2 is 2.29 bits per heavy atom. The molecular formula is C16H15BrN2O2. The lowest BCUT2D eigenvalue weighted by molar-refractivity contribution is -0.118. The monoisotopic (exact) mass is 346 g/mol. The van der Waals surface area contributed by atoms with Crippen LogP contribution >= 0.6 is 15.9 Å². The first-order chi connectivity index (χ1) is 10.1. The van der Waals surface area contributed by atoms with Crippen molar-refractivity contribution >= 4 is 33.2 Å². The largest absolute Gasteiger partial charge is 0.469 e. The number of aromatic nitrogens is 1. The van der Waals surface area contributed by atoms with E-state index in [2.05, 4.69) is 25.9 Å². The molecule has 0 aromatic carbocycles. The summed E-state index contributed by atoms with van der Waals surface area (Å²) in [5.74, 6) is 1.77. The highest BCUT2D eigenvalue weighted by atomic mass is 79.9. The summed E-state index contributed by atoms with van der Waals surface area (Å²) < 4.78 is 6.28. The maximum absolute atomic E-state index is 12.0. The van der Waals surface area contributed by atoms with Crippen molar-refractivity contribution in [1.82, 2.24) is 4.98 Å². The average Bonchev–Trinajstić information content (AvgIpc) is 2.95. The number of aliphatic imine (C=N–C) groups is 1. The second-order valence-corrected chi connectivity index (χ2v) is 6.19. The standard InChI is InChI=1S/C16H15BrN2O2/c1-10-5-14(17)16(18-9-10)19-12-6-11(7-13(20)8-12)15-3-2-4-21-15/h2-5,9,11H,6-8H2,1H3. The Morgan fingerprint density at radius 3 is 3.00 bits per heavy atom. The van der Waals surface area contributed by atoms with Crippen molar-refractivity contribution in [2.24, 2.45) is 4.99 Å². The van der Waals surface area contributed by atoms with Crippen molar-refractivity contribution in [3.8, 4) is 0 Å². The van der Waals surface area contributed by atoms with Gasteiger partial charge >= 0.3 is 0 Å². The molecule has 1 aliphatic carbocycles. The van der Waals surface area contributed by atoms with E-state index in [1.165, 1.54) is 0 Å². The molecule has 1 aliphatic rings. The molecule has 0 radical (unpaired) electrons. The molecule has 3 rings (SSSR count). The Labute approximate surface area is 131 Å². The maximum Gasteiger partial charge on any atom is 0.166 e. The number of nitrogens with zero attached hydrogens (tertiary/aromatic N) is 2. The van der Waals surface area contributed by atoms with Crippen LogP contribution in [0.25, 0.3) is 0 Å². The number of pyridine rings is 1. The third-order valence-corrected chi connectivity index (χ3v) is 4.11. The molecule has 0 spiro atoms. The highest BCUT2D eigenvalue weighted by Gasteiger charge is 2.27. The summed E-state index contributed by atoms with van der Waals surface area (Å²) in [4.78, 5) is 20.8. The fourth-order valence-electron chi connectivity index (χ4n) is 2.57. The number of halogens is 1. The minimum Gasteiger partial charge on any atom is -0.469 e. The molecule has 0 amide bonds. The average molecular weight is 347 g/mol. The molecule has 1 unspecified atom stereocenters. The topological polar surface area (TPSA) is 55.5 Å². The molecule has 2 aromatic rings. The zero-order valence-corrected chi connectivity index (χ0v) is 13.3. The summed E-state index contributed by atoms with van der Waals surface area (Å²) in [6.07, 6.45) is 5.08. The van der Waals surface area contributed by atoms with Crippen LogP contribution in [0.1, 0.15) is 36.5 Å².